The first-order valence-electron chi connectivity index (χ1n) is 5.14. The Labute approximate surface area is 95.2 Å². The molecule has 5 nitrogen and oxygen atoms in total. The third-order valence-corrected chi connectivity index (χ3v) is 2.25. The average Bonchev–Trinajstić information content (AvgIpc) is 2.28. The van der Waals surface area contributed by atoms with E-state index >= 15 is 0 Å². The number of rotatable bonds is 5. The molecule has 0 bridgehead atoms. The number of nitrogens with zero attached hydrogens (tertiary/aromatic N) is 2. The number of nitrogen functional groups attached to an aromatic ring is 1. The highest BCUT2D eigenvalue weighted by Gasteiger charge is 2.04. The van der Waals surface area contributed by atoms with E-state index in [2.05, 4.69) is 9.72 Å². The van der Waals surface area contributed by atoms with Gasteiger partial charge >= 0.3 is 5.97 Å². The molecule has 0 saturated heterocycles. The molecule has 0 amide bonds. The molecule has 0 fully saturated rings. The minimum Gasteiger partial charge on any atom is -0.469 e. The summed E-state index contributed by atoms with van der Waals surface area (Å²) < 4.78 is 4.56. The minimum absolute atomic E-state index is 0.186. The van der Waals surface area contributed by atoms with E-state index < -0.39 is 0 Å². The maximum atomic E-state index is 10.9. The molecule has 0 aliphatic heterocycles. The van der Waals surface area contributed by atoms with Gasteiger partial charge in [-0.2, -0.15) is 0 Å². The van der Waals surface area contributed by atoms with Crippen LogP contribution in [0.3, 0.4) is 0 Å². The van der Waals surface area contributed by atoms with Gasteiger partial charge in [0.2, 0.25) is 0 Å². The number of pyridine rings is 1. The number of carbonyl (C=O) groups excluding carboxylic acids is 1. The molecule has 2 N–H and O–H groups in total. The number of aromatic nitrogens is 1. The predicted octanol–water partition coefficient (Wildman–Crippen LogP) is 1.05. The number of anilines is 2. The average molecular weight is 223 g/mol. The number of hydrogen-bond acceptors (Lipinski definition) is 5. The van der Waals surface area contributed by atoms with Crippen LogP contribution < -0.4 is 10.6 Å². The fourth-order valence-electron chi connectivity index (χ4n) is 1.33. The van der Waals surface area contributed by atoms with Gasteiger partial charge in [0.1, 0.15) is 11.6 Å². The van der Waals surface area contributed by atoms with Gasteiger partial charge in [-0.25, -0.2) is 4.98 Å². The van der Waals surface area contributed by atoms with Crippen molar-refractivity contribution >= 4 is 17.6 Å². The SMILES string of the molecule is COC(=O)CCCN(C)c1cccc(N)n1. The van der Waals surface area contributed by atoms with E-state index in [1.165, 1.54) is 7.11 Å². The third kappa shape index (κ3) is 3.76. The van der Waals surface area contributed by atoms with Gasteiger partial charge in [0.25, 0.3) is 0 Å². The molecular weight excluding hydrogens is 206 g/mol. The highest BCUT2D eigenvalue weighted by molar-refractivity contribution is 5.69. The number of methoxy groups -OCH3 is 1. The monoisotopic (exact) mass is 223 g/mol. The zero-order chi connectivity index (χ0) is 12.0. The van der Waals surface area contributed by atoms with E-state index in [1.807, 2.05) is 24.1 Å². The largest absolute Gasteiger partial charge is 0.469 e. The number of nitrogens with two attached hydrogens (primary N) is 1. The van der Waals surface area contributed by atoms with Crippen molar-refractivity contribution in [3.8, 4) is 0 Å². The molecule has 0 radical (unpaired) electrons. The van der Waals surface area contributed by atoms with Crippen LogP contribution in [0.1, 0.15) is 12.8 Å². The summed E-state index contributed by atoms with van der Waals surface area (Å²) in [6.07, 6.45) is 1.16. The van der Waals surface area contributed by atoms with Crippen LogP contribution in [0.25, 0.3) is 0 Å². The van der Waals surface area contributed by atoms with Crippen LogP contribution in [-0.2, 0) is 9.53 Å². The molecule has 16 heavy (non-hydrogen) atoms. The van der Waals surface area contributed by atoms with Crippen molar-refractivity contribution in [3.63, 3.8) is 0 Å². The fourth-order valence-corrected chi connectivity index (χ4v) is 1.33. The molecule has 0 aliphatic rings. The number of hydrogen-bond donors (Lipinski definition) is 1. The Kier molecular flexibility index (Phi) is 4.57. The van der Waals surface area contributed by atoms with Crippen LogP contribution in [0.15, 0.2) is 18.2 Å². The van der Waals surface area contributed by atoms with E-state index in [9.17, 15) is 4.79 Å². The predicted molar refractivity (Wildman–Crippen MR) is 63.2 cm³/mol. The van der Waals surface area contributed by atoms with Gasteiger partial charge in [-0.05, 0) is 18.6 Å². The lowest BCUT2D eigenvalue weighted by molar-refractivity contribution is -0.140. The Morgan fingerprint density at radius 3 is 2.94 bits per heavy atom. The van der Waals surface area contributed by atoms with Crippen molar-refractivity contribution in [2.75, 3.05) is 31.3 Å². The molecule has 0 saturated carbocycles. The first-order chi connectivity index (χ1) is 7.63. The summed E-state index contributed by atoms with van der Waals surface area (Å²) in [5.41, 5.74) is 5.58. The summed E-state index contributed by atoms with van der Waals surface area (Å²) in [6.45, 7) is 0.742. The molecule has 0 spiro atoms. The minimum atomic E-state index is -0.186. The normalized spacial score (nSPS) is 9.88. The maximum Gasteiger partial charge on any atom is 0.305 e. The summed E-state index contributed by atoms with van der Waals surface area (Å²) in [4.78, 5) is 17.0. The van der Waals surface area contributed by atoms with Crippen LogP contribution in [0, 0.1) is 0 Å². The van der Waals surface area contributed by atoms with Gasteiger partial charge in [-0.1, -0.05) is 6.07 Å². The first-order valence-corrected chi connectivity index (χ1v) is 5.14. The van der Waals surface area contributed by atoms with Crippen LogP contribution in [0.5, 0.6) is 0 Å². The lowest BCUT2D eigenvalue weighted by Crippen LogP contribution is -2.20. The van der Waals surface area contributed by atoms with Crippen LogP contribution in [-0.4, -0.2) is 31.7 Å². The Morgan fingerprint density at radius 1 is 1.56 bits per heavy atom. The standard InChI is InChI=1S/C11H17N3O2/c1-14(8-4-7-11(15)16-2)10-6-3-5-9(12)13-10/h3,5-6H,4,7-8H2,1-2H3,(H2,12,13). The topological polar surface area (TPSA) is 68.5 Å². The van der Waals surface area contributed by atoms with E-state index in [0.29, 0.717) is 12.2 Å². The molecule has 5 heteroatoms. The van der Waals surface area contributed by atoms with E-state index in [4.69, 9.17) is 5.73 Å². The summed E-state index contributed by atoms with van der Waals surface area (Å²) in [6, 6.07) is 5.48. The van der Waals surface area contributed by atoms with Crippen molar-refractivity contribution < 1.29 is 9.53 Å². The second-order valence-corrected chi connectivity index (χ2v) is 3.52. The second kappa shape index (κ2) is 5.95. The van der Waals surface area contributed by atoms with Crippen molar-refractivity contribution in [2.24, 2.45) is 0 Å². The molecule has 0 aromatic carbocycles. The summed E-state index contributed by atoms with van der Waals surface area (Å²) in [5, 5.41) is 0. The van der Waals surface area contributed by atoms with Crippen molar-refractivity contribution in [3.05, 3.63) is 18.2 Å². The van der Waals surface area contributed by atoms with Crippen LogP contribution in [0.4, 0.5) is 11.6 Å². The lowest BCUT2D eigenvalue weighted by Gasteiger charge is -2.17. The number of carbonyl (C=O) groups is 1. The van der Waals surface area contributed by atoms with Gasteiger partial charge in [-0.3, -0.25) is 4.79 Å². The molecule has 1 heterocycles. The number of ether oxygens (including phenoxy) is 1. The highest BCUT2D eigenvalue weighted by Crippen LogP contribution is 2.11. The van der Waals surface area contributed by atoms with Crippen LogP contribution >= 0.6 is 0 Å². The second-order valence-electron chi connectivity index (χ2n) is 3.52. The summed E-state index contributed by atoms with van der Waals surface area (Å²) in [7, 11) is 3.31. The van der Waals surface area contributed by atoms with Gasteiger partial charge < -0.3 is 15.4 Å². The molecule has 1 aromatic heterocycles. The molecule has 1 rings (SSSR count). The smallest absolute Gasteiger partial charge is 0.305 e. The molecular formula is C11H17N3O2. The zero-order valence-electron chi connectivity index (χ0n) is 9.64. The Hall–Kier alpha value is -1.78. The molecule has 1 aromatic rings. The van der Waals surface area contributed by atoms with Crippen LogP contribution in [0.2, 0.25) is 0 Å². The lowest BCUT2D eigenvalue weighted by atomic mass is 10.3. The molecule has 0 atom stereocenters. The van der Waals surface area contributed by atoms with Crippen molar-refractivity contribution in [1.29, 1.82) is 0 Å². The third-order valence-electron chi connectivity index (χ3n) is 2.25. The maximum absolute atomic E-state index is 10.9. The Morgan fingerprint density at radius 2 is 2.31 bits per heavy atom. The summed E-state index contributed by atoms with van der Waals surface area (Å²) >= 11 is 0. The summed E-state index contributed by atoms with van der Waals surface area (Å²) in [5.74, 6) is 1.12. The first kappa shape index (κ1) is 12.3. The van der Waals surface area contributed by atoms with E-state index in [-0.39, 0.29) is 5.97 Å². The van der Waals surface area contributed by atoms with Gasteiger partial charge in [-0.15, -0.1) is 0 Å². The Bertz CT molecular complexity index is 355. The van der Waals surface area contributed by atoms with Gasteiger partial charge in [0.05, 0.1) is 7.11 Å². The molecule has 0 aliphatic carbocycles. The van der Waals surface area contributed by atoms with Crippen molar-refractivity contribution in [1.82, 2.24) is 4.98 Å². The zero-order valence-corrected chi connectivity index (χ0v) is 9.64. The highest BCUT2D eigenvalue weighted by atomic mass is 16.5. The van der Waals surface area contributed by atoms with Gasteiger partial charge in [0, 0.05) is 20.0 Å². The molecule has 88 valence electrons. The Balaban J connectivity index is 2.40. The fraction of sp³-hybridized carbons (Fsp3) is 0.455. The number of esters is 1. The van der Waals surface area contributed by atoms with Crippen molar-refractivity contribution in [2.45, 2.75) is 12.8 Å². The van der Waals surface area contributed by atoms with E-state index in [1.54, 1.807) is 6.07 Å². The quantitative estimate of drug-likeness (QED) is 0.756. The van der Waals surface area contributed by atoms with E-state index in [0.717, 1.165) is 18.8 Å². The molecule has 0 unspecified atom stereocenters. The van der Waals surface area contributed by atoms with Gasteiger partial charge in [0.15, 0.2) is 0 Å².